The van der Waals surface area contributed by atoms with Crippen LogP contribution in [-0.4, -0.2) is 10.7 Å². The van der Waals surface area contributed by atoms with Crippen molar-refractivity contribution in [2.45, 2.75) is 77.2 Å². The number of hydrogen-bond acceptors (Lipinski definition) is 1. The second-order valence-corrected chi connectivity index (χ2v) is 6.31. The topological polar surface area (TPSA) is 20.2 Å². The molecule has 94 valence electrons. The molecule has 16 heavy (non-hydrogen) atoms. The van der Waals surface area contributed by atoms with Gasteiger partial charge in [0, 0.05) is 0 Å². The zero-order valence-corrected chi connectivity index (χ0v) is 11.0. The highest BCUT2D eigenvalue weighted by molar-refractivity contribution is 4.96. The lowest BCUT2D eigenvalue weighted by molar-refractivity contribution is -0.110. The Morgan fingerprint density at radius 1 is 1.12 bits per heavy atom. The van der Waals surface area contributed by atoms with E-state index in [0.29, 0.717) is 11.8 Å². The van der Waals surface area contributed by atoms with Crippen molar-refractivity contribution >= 4 is 0 Å². The van der Waals surface area contributed by atoms with Gasteiger partial charge in [-0.25, -0.2) is 0 Å². The molecule has 0 bridgehead atoms. The van der Waals surface area contributed by atoms with Crippen LogP contribution in [0.5, 0.6) is 0 Å². The predicted molar refractivity (Wildman–Crippen MR) is 68.3 cm³/mol. The molecule has 2 saturated carbocycles. The molecular formula is C15H28O. The van der Waals surface area contributed by atoms with E-state index in [9.17, 15) is 5.11 Å². The van der Waals surface area contributed by atoms with Gasteiger partial charge < -0.3 is 5.11 Å². The molecule has 1 N–H and O–H groups in total. The second-order valence-electron chi connectivity index (χ2n) is 6.31. The number of rotatable bonds is 2. The fourth-order valence-electron chi connectivity index (χ4n) is 4.24. The molecule has 1 nitrogen and oxygen atoms in total. The Bertz CT molecular complexity index is 225. The first-order chi connectivity index (χ1) is 7.66. The Morgan fingerprint density at radius 3 is 2.62 bits per heavy atom. The average molecular weight is 224 g/mol. The second kappa shape index (κ2) is 5.08. The maximum Gasteiger partial charge on any atom is 0.0703 e. The van der Waals surface area contributed by atoms with Gasteiger partial charge in [-0.15, -0.1) is 0 Å². The molecule has 2 aliphatic carbocycles. The smallest absolute Gasteiger partial charge is 0.0703 e. The van der Waals surface area contributed by atoms with Crippen molar-refractivity contribution in [3.8, 4) is 0 Å². The molecule has 0 amide bonds. The highest BCUT2D eigenvalue weighted by atomic mass is 16.3. The molecule has 0 aliphatic heterocycles. The molecule has 0 aromatic heterocycles. The summed E-state index contributed by atoms with van der Waals surface area (Å²) in [6.07, 6.45) is 11.3. The third kappa shape index (κ3) is 2.30. The summed E-state index contributed by atoms with van der Waals surface area (Å²) in [7, 11) is 0. The van der Waals surface area contributed by atoms with Crippen LogP contribution in [0.25, 0.3) is 0 Å². The number of hydrogen-bond donors (Lipinski definition) is 1. The Kier molecular flexibility index (Phi) is 3.94. The Hall–Kier alpha value is -0.0400. The van der Waals surface area contributed by atoms with E-state index in [4.69, 9.17) is 0 Å². The average Bonchev–Trinajstić information content (AvgIpc) is 2.30. The molecular weight excluding hydrogens is 196 g/mol. The zero-order chi connectivity index (χ0) is 11.6. The summed E-state index contributed by atoms with van der Waals surface area (Å²) in [5.41, 5.74) is -0.304. The normalized spacial score (nSPS) is 45.6. The summed E-state index contributed by atoms with van der Waals surface area (Å²) in [5.74, 6) is 2.01. The van der Waals surface area contributed by atoms with Gasteiger partial charge in [-0.1, -0.05) is 46.0 Å². The van der Waals surface area contributed by atoms with Crippen molar-refractivity contribution < 1.29 is 5.11 Å². The van der Waals surface area contributed by atoms with E-state index in [-0.39, 0.29) is 5.60 Å². The van der Waals surface area contributed by atoms with Gasteiger partial charge >= 0.3 is 0 Å². The molecule has 0 saturated heterocycles. The summed E-state index contributed by atoms with van der Waals surface area (Å²) >= 11 is 0. The van der Waals surface area contributed by atoms with E-state index >= 15 is 0 Å². The van der Waals surface area contributed by atoms with Crippen molar-refractivity contribution in [3.63, 3.8) is 0 Å². The standard InChI is InChI=1S/C15H28O/c1-3-13-8-4-5-10-15(13,16)14-9-6-7-12(2)11-14/h12-14,16H,3-11H2,1-2H3. The summed E-state index contributed by atoms with van der Waals surface area (Å²) in [6, 6.07) is 0. The van der Waals surface area contributed by atoms with Crippen LogP contribution in [-0.2, 0) is 0 Å². The summed E-state index contributed by atoms with van der Waals surface area (Å²) in [6.45, 7) is 4.62. The molecule has 1 heteroatoms. The van der Waals surface area contributed by atoms with Gasteiger partial charge in [-0.2, -0.15) is 0 Å². The summed E-state index contributed by atoms with van der Waals surface area (Å²) < 4.78 is 0. The van der Waals surface area contributed by atoms with Gasteiger partial charge in [-0.3, -0.25) is 0 Å². The third-order valence-corrected chi connectivity index (χ3v) is 5.22. The Balaban J connectivity index is 2.08. The summed E-state index contributed by atoms with van der Waals surface area (Å²) in [5, 5.41) is 11.1. The lowest BCUT2D eigenvalue weighted by Gasteiger charge is -2.47. The van der Waals surface area contributed by atoms with Crippen molar-refractivity contribution in [1.29, 1.82) is 0 Å². The van der Waals surface area contributed by atoms with Crippen molar-refractivity contribution in [1.82, 2.24) is 0 Å². The van der Waals surface area contributed by atoms with Crippen LogP contribution in [0.4, 0.5) is 0 Å². The van der Waals surface area contributed by atoms with E-state index in [1.54, 1.807) is 0 Å². The molecule has 0 aromatic rings. The van der Waals surface area contributed by atoms with Gasteiger partial charge in [0.2, 0.25) is 0 Å². The van der Waals surface area contributed by atoms with E-state index in [1.165, 1.54) is 51.4 Å². The van der Waals surface area contributed by atoms with Gasteiger partial charge in [-0.05, 0) is 43.4 Å². The maximum atomic E-state index is 11.1. The molecule has 0 heterocycles. The minimum absolute atomic E-state index is 0.304. The van der Waals surface area contributed by atoms with Crippen LogP contribution >= 0.6 is 0 Å². The first-order valence-corrected chi connectivity index (χ1v) is 7.39. The Morgan fingerprint density at radius 2 is 1.94 bits per heavy atom. The van der Waals surface area contributed by atoms with Crippen molar-refractivity contribution in [3.05, 3.63) is 0 Å². The lowest BCUT2D eigenvalue weighted by atomic mass is 9.62. The quantitative estimate of drug-likeness (QED) is 0.747. The zero-order valence-electron chi connectivity index (χ0n) is 11.0. The van der Waals surface area contributed by atoms with Gasteiger partial charge in [0.15, 0.2) is 0 Å². The molecule has 2 aliphatic rings. The molecule has 2 rings (SSSR count). The fraction of sp³-hybridized carbons (Fsp3) is 1.00. The first-order valence-electron chi connectivity index (χ1n) is 7.39. The first kappa shape index (κ1) is 12.4. The van der Waals surface area contributed by atoms with Gasteiger partial charge in [0.25, 0.3) is 0 Å². The molecule has 2 fully saturated rings. The monoisotopic (exact) mass is 224 g/mol. The van der Waals surface area contributed by atoms with Crippen molar-refractivity contribution in [2.75, 3.05) is 0 Å². The Labute approximate surface area is 101 Å². The molecule has 4 unspecified atom stereocenters. The van der Waals surface area contributed by atoms with Crippen LogP contribution in [0, 0.1) is 17.8 Å². The van der Waals surface area contributed by atoms with E-state index in [1.807, 2.05) is 0 Å². The van der Waals surface area contributed by atoms with Crippen LogP contribution in [0.3, 0.4) is 0 Å². The molecule has 0 spiro atoms. The molecule has 0 radical (unpaired) electrons. The highest BCUT2D eigenvalue weighted by Crippen LogP contribution is 2.46. The van der Waals surface area contributed by atoms with Crippen LogP contribution in [0.1, 0.15) is 71.6 Å². The van der Waals surface area contributed by atoms with Crippen LogP contribution in [0.15, 0.2) is 0 Å². The fourth-order valence-corrected chi connectivity index (χ4v) is 4.24. The van der Waals surface area contributed by atoms with Crippen molar-refractivity contribution in [2.24, 2.45) is 17.8 Å². The van der Waals surface area contributed by atoms with E-state index in [2.05, 4.69) is 13.8 Å². The van der Waals surface area contributed by atoms with E-state index in [0.717, 1.165) is 12.3 Å². The third-order valence-electron chi connectivity index (χ3n) is 5.22. The summed E-state index contributed by atoms with van der Waals surface area (Å²) in [4.78, 5) is 0. The van der Waals surface area contributed by atoms with Crippen LogP contribution < -0.4 is 0 Å². The largest absolute Gasteiger partial charge is 0.389 e. The maximum absolute atomic E-state index is 11.1. The lowest BCUT2D eigenvalue weighted by Crippen LogP contribution is -2.48. The molecule has 0 aromatic carbocycles. The minimum Gasteiger partial charge on any atom is -0.389 e. The number of aliphatic hydroxyl groups is 1. The van der Waals surface area contributed by atoms with Crippen LogP contribution in [0.2, 0.25) is 0 Å². The van der Waals surface area contributed by atoms with Gasteiger partial charge in [0.05, 0.1) is 5.60 Å². The van der Waals surface area contributed by atoms with Gasteiger partial charge in [0.1, 0.15) is 0 Å². The highest BCUT2D eigenvalue weighted by Gasteiger charge is 2.44. The molecule has 4 atom stereocenters. The van der Waals surface area contributed by atoms with E-state index < -0.39 is 0 Å². The minimum atomic E-state index is -0.304. The predicted octanol–water partition coefficient (Wildman–Crippen LogP) is 4.14. The SMILES string of the molecule is CCC1CCCCC1(O)C1CCCC(C)C1.